The summed E-state index contributed by atoms with van der Waals surface area (Å²) in [5, 5.41) is 0. The van der Waals surface area contributed by atoms with Gasteiger partial charge in [-0.1, -0.05) is 6.07 Å². The molecule has 0 aliphatic heterocycles. The summed E-state index contributed by atoms with van der Waals surface area (Å²) in [5.74, 6) is -5.35. The minimum absolute atomic E-state index is 0.0554. The summed E-state index contributed by atoms with van der Waals surface area (Å²) in [7, 11) is 1.12. The van der Waals surface area contributed by atoms with E-state index in [9.17, 15) is 53.5 Å². The van der Waals surface area contributed by atoms with Crippen molar-refractivity contribution in [3.8, 4) is 5.75 Å². The first-order chi connectivity index (χ1) is 19.3. The Kier molecular flexibility index (Phi) is 9.48. The highest BCUT2D eigenvalue weighted by Gasteiger charge is 2.73. The van der Waals surface area contributed by atoms with Crippen molar-refractivity contribution >= 4 is 40.0 Å². The zero-order valence-electron chi connectivity index (χ0n) is 20.7. The van der Waals surface area contributed by atoms with Gasteiger partial charge in [0.1, 0.15) is 11.6 Å². The molecule has 3 aromatic carbocycles. The summed E-state index contributed by atoms with van der Waals surface area (Å²) in [5.41, 5.74) is -10.0. The molecule has 0 spiro atoms. The molecule has 0 heterocycles. The van der Waals surface area contributed by atoms with Gasteiger partial charge in [0.2, 0.25) is 0 Å². The monoisotopic (exact) mass is 725 g/mol. The van der Waals surface area contributed by atoms with Crippen LogP contribution >= 0.6 is 22.6 Å². The molecule has 0 fully saturated rings. The van der Waals surface area contributed by atoms with Crippen LogP contribution in [0.15, 0.2) is 54.6 Å². The van der Waals surface area contributed by atoms with Gasteiger partial charge in [-0.25, -0.2) is 13.2 Å². The summed E-state index contributed by atoms with van der Waals surface area (Å²) < 4.78 is 152. The lowest BCUT2D eigenvalue weighted by Crippen LogP contribution is -2.50. The molecule has 3 rings (SSSR count). The number of ether oxygens (including phenoxy) is 1. The van der Waals surface area contributed by atoms with Gasteiger partial charge in [-0.3, -0.25) is 9.59 Å². The van der Waals surface area contributed by atoms with Crippen molar-refractivity contribution in [3.05, 3.63) is 92.1 Å². The van der Waals surface area contributed by atoms with Gasteiger partial charge in [-0.2, -0.15) is 35.1 Å². The second-order valence-electron chi connectivity index (χ2n) is 8.58. The highest BCUT2D eigenvalue weighted by Crippen LogP contribution is 2.54. The van der Waals surface area contributed by atoms with E-state index in [2.05, 4.69) is 4.74 Å². The molecule has 16 heteroatoms. The van der Waals surface area contributed by atoms with Crippen molar-refractivity contribution in [1.29, 1.82) is 0 Å². The number of Topliss-reactive ketones (excluding diaryl/α,β-unsaturated/α-hetero) is 1. The SMILES string of the molecule is CN(C(=O)c1ccc(F)cc1)c1cccc(C(=O)Cc2c(I)cc(C(F)(C(F)(F)F)C(F)(F)F)cc2OC(F)F)c1F. The van der Waals surface area contributed by atoms with E-state index < -0.39 is 86.1 Å². The van der Waals surface area contributed by atoms with Gasteiger partial charge >= 0.3 is 24.6 Å². The number of amides is 1. The van der Waals surface area contributed by atoms with Crippen LogP contribution in [0.2, 0.25) is 0 Å². The number of hydrogen-bond acceptors (Lipinski definition) is 3. The molecule has 0 unspecified atom stereocenters. The number of anilines is 1. The van der Waals surface area contributed by atoms with E-state index in [-0.39, 0.29) is 17.7 Å². The van der Waals surface area contributed by atoms with Crippen LogP contribution in [0, 0.1) is 15.2 Å². The lowest BCUT2D eigenvalue weighted by atomic mass is 9.91. The number of rotatable bonds is 8. The number of alkyl halides is 9. The van der Waals surface area contributed by atoms with Crippen molar-refractivity contribution in [1.82, 2.24) is 0 Å². The zero-order chi connectivity index (χ0) is 31.8. The van der Waals surface area contributed by atoms with Crippen LogP contribution in [0.5, 0.6) is 5.75 Å². The first-order valence-corrected chi connectivity index (χ1v) is 12.3. The molecule has 0 aromatic heterocycles. The Morgan fingerprint density at radius 1 is 0.905 bits per heavy atom. The molecule has 0 aliphatic rings. The van der Waals surface area contributed by atoms with E-state index >= 15 is 4.39 Å². The summed E-state index contributed by atoms with van der Waals surface area (Å²) >= 11 is 1.10. The highest BCUT2D eigenvalue weighted by atomic mass is 127. The Balaban J connectivity index is 2.04. The fraction of sp³-hybridized carbons (Fsp3) is 0.231. The molecule has 0 atom stereocenters. The summed E-state index contributed by atoms with van der Waals surface area (Å²) in [6.45, 7) is -3.82. The first kappa shape index (κ1) is 33.1. The molecule has 1 amide bonds. The standard InChI is InChI=1S/C26H15F11INO3/c1-39(22(41)12-5-7-14(27)8-6-12)18-4-2-3-15(21(18)28)19(40)11-16-17(38)9-13(10-20(16)42-23(29)30)24(31,25(32,33)34)26(35,36)37/h2-10,23H,11H2,1H3. The van der Waals surface area contributed by atoms with Crippen LogP contribution in [0.25, 0.3) is 0 Å². The number of benzene rings is 3. The smallest absolute Gasteiger partial charge is 0.434 e. The third-order valence-electron chi connectivity index (χ3n) is 5.92. The summed E-state index contributed by atoms with van der Waals surface area (Å²) in [6, 6.07) is 7.12. The largest absolute Gasteiger partial charge is 0.435 e. The van der Waals surface area contributed by atoms with Gasteiger partial charge in [0, 0.05) is 33.7 Å². The molecule has 4 nitrogen and oxygen atoms in total. The minimum atomic E-state index is -6.56. The average molecular weight is 725 g/mol. The normalized spacial score (nSPS) is 12.4. The van der Waals surface area contributed by atoms with Gasteiger partial charge in [-0.15, -0.1) is 0 Å². The predicted octanol–water partition coefficient (Wildman–Crippen LogP) is 8.16. The molecular weight excluding hydrogens is 710 g/mol. The Morgan fingerprint density at radius 2 is 1.48 bits per heavy atom. The fourth-order valence-electron chi connectivity index (χ4n) is 3.82. The number of carbonyl (C=O) groups is 2. The second kappa shape index (κ2) is 12.0. The molecular formula is C26H15F11INO3. The number of nitrogens with zero attached hydrogens (tertiary/aromatic N) is 1. The van der Waals surface area contributed by atoms with Crippen LogP contribution in [-0.4, -0.2) is 37.7 Å². The van der Waals surface area contributed by atoms with E-state index in [4.69, 9.17) is 0 Å². The maximum absolute atomic E-state index is 15.4. The first-order valence-electron chi connectivity index (χ1n) is 11.2. The number of hydrogen-bond donors (Lipinski definition) is 0. The molecule has 0 radical (unpaired) electrons. The van der Waals surface area contributed by atoms with Crippen molar-refractivity contribution in [3.63, 3.8) is 0 Å². The van der Waals surface area contributed by atoms with Crippen LogP contribution in [0.4, 0.5) is 54.0 Å². The second-order valence-corrected chi connectivity index (χ2v) is 9.74. The van der Waals surface area contributed by atoms with E-state index in [1.54, 1.807) is 0 Å². The fourth-order valence-corrected chi connectivity index (χ4v) is 4.61. The van der Waals surface area contributed by atoms with Crippen molar-refractivity contribution in [2.45, 2.75) is 31.1 Å². The van der Waals surface area contributed by atoms with Crippen molar-refractivity contribution < 1.29 is 62.6 Å². The summed E-state index contributed by atoms with van der Waals surface area (Å²) in [4.78, 5) is 26.5. The van der Waals surface area contributed by atoms with E-state index in [1.807, 2.05) is 0 Å². The van der Waals surface area contributed by atoms with Crippen LogP contribution in [0.1, 0.15) is 31.8 Å². The number of ketones is 1. The van der Waals surface area contributed by atoms with Gasteiger partial charge in [0.25, 0.3) is 5.91 Å². The van der Waals surface area contributed by atoms with Crippen LogP contribution < -0.4 is 9.64 Å². The van der Waals surface area contributed by atoms with Gasteiger partial charge < -0.3 is 9.64 Å². The van der Waals surface area contributed by atoms with E-state index in [1.165, 1.54) is 0 Å². The van der Waals surface area contributed by atoms with Crippen LogP contribution in [0.3, 0.4) is 0 Å². The topological polar surface area (TPSA) is 46.6 Å². The number of halogens is 12. The molecule has 0 saturated carbocycles. The third-order valence-corrected chi connectivity index (χ3v) is 6.89. The Bertz CT molecular complexity index is 1470. The molecule has 3 aromatic rings. The lowest BCUT2D eigenvalue weighted by molar-refractivity contribution is -0.348. The Hall–Kier alpha value is -3.44. The molecule has 0 bridgehead atoms. The zero-order valence-corrected chi connectivity index (χ0v) is 22.8. The maximum atomic E-state index is 15.4. The van der Waals surface area contributed by atoms with Gasteiger partial charge in [-0.05, 0) is 71.1 Å². The molecule has 42 heavy (non-hydrogen) atoms. The third kappa shape index (κ3) is 6.47. The maximum Gasteiger partial charge on any atom is 0.435 e. The van der Waals surface area contributed by atoms with E-state index in [0.717, 1.165) is 77.0 Å². The van der Waals surface area contributed by atoms with E-state index in [0.29, 0.717) is 0 Å². The Morgan fingerprint density at radius 3 is 2.00 bits per heavy atom. The van der Waals surface area contributed by atoms with Crippen LogP contribution in [-0.2, 0) is 12.1 Å². The van der Waals surface area contributed by atoms with Crippen molar-refractivity contribution in [2.24, 2.45) is 0 Å². The summed E-state index contributed by atoms with van der Waals surface area (Å²) in [6.07, 6.45) is -14.2. The quantitative estimate of drug-likeness (QED) is 0.134. The highest BCUT2D eigenvalue weighted by molar-refractivity contribution is 14.1. The van der Waals surface area contributed by atoms with Crippen molar-refractivity contribution in [2.75, 3.05) is 11.9 Å². The number of carbonyl (C=O) groups excluding carboxylic acids is 2. The van der Waals surface area contributed by atoms with Gasteiger partial charge in [0.05, 0.1) is 11.3 Å². The molecule has 0 saturated heterocycles. The van der Waals surface area contributed by atoms with Gasteiger partial charge in [0.15, 0.2) is 11.6 Å². The molecule has 0 aliphatic carbocycles. The molecule has 226 valence electrons. The Labute approximate surface area is 243 Å². The molecule has 0 N–H and O–H groups in total. The average Bonchev–Trinajstić information content (AvgIpc) is 2.88. The predicted molar refractivity (Wildman–Crippen MR) is 134 cm³/mol. The lowest BCUT2D eigenvalue weighted by Gasteiger charge is -2.31. The minimum Gasteiger partial charge on any atom is -0.434 e.